The molecule has 11 heteroatoms. The van der Waals surface area contributed by atoms with E-state index in [1.165, 1.54) is 13.0 Å². The molecule has 0 saturated heterocycles. The standard InChI is InChI=1S/C15H14F4O3S.C4H10O.C3H6O2/c1-4-11-8(2)5-10-6-9(3)13(16)7-12(10)14(11)22-23(20,21)15(17,18)19;1-4(2,3)5;1-2-5-3-4/h5-7H,4H2,1-3H3;5H,1-3H3;3H,2H2,1H3. The smallest absolute Gasteiger partial charge is 0.468 e. The molecule has 0 amide bonds. The largest absolute Gasteiger partial charge is 0.534 e. The van der Waals surface area contributed by atoms with Gasteiger partial charge in [-0.15, -0.1) is 0 Å². The van der Waals surface area contributed by atoms with Gasteiger partial charge >= 0.3 is 15.6 Å². The molecular formula is C22H30F4O6S. The van der Waals surface area contributed by atoms with E-state index in [0.29, 0.717) is 29.6 Å². The van der Waals surface area contributed by atoms with Crippen LogP contribution in [0, 0.1) is 19.7 Å². The van der Waals surface area contributed by atoms with Crippen molar-refractivity contribution in [1.82, 2.24) is 0 Å². The number of hydrogen-bond donors (Lipinski definition) is 1. The summed E-state index contributed by atoms with van der Waals surface area (Å²) in [5.74, 6) is -1.13. The van der Waals surface area contributed by atoms with Crippen molar-refractivity contribution >= 4 is 27.4 Å². The zero-order valence-corrected chi connectivity index (χ0v) is 20.4. The predicted molar refractivity (Wildman–Crippen MR) is 118 cm³/mol. The van der Waals surface area contributed by atoms with Crippen molar-refractivity contribution in [2.45, 2.75) is 66.0 Å². The van der Waals surface area contributed by atoms with E-state index >= 15 is 0 Å². The van der Waals surface area contributed by atoms with Gasteiger partial charge in [0.05, 0.1) is 12.2 Å². The maximum atomic E-state index is 13.8. The fourth-order valence-electron chi connectivity index (χ4n) is 2.44. The number of alkyl halides is 3. The van der Waals surface area contributed by atoms with Crippen molar-refractivity contribution in [2.75, 3.05) is 6.61 Å². The summed E-state index contributed by atoms with van der Waals surface area (Å²) in [6, 6.07) is 4.09. The molecule has 0 spiro atoms. The zero-order valence-electron chi connectivity index (χ0n) is 19.6. The molecule has 0 bridgehead atoms. The number of benzene rings is 2. The third-order valence-electron chi connectivity index (χ3n) is 3.76. The molecule has 6 nitrogen and oxygen atoms in total. The summed E-state index contributed by atoms with van der Waals surface area (Å²) in [6.07, 6.45) is 0.236. The van der Waals surface area contributed by atoms with Crippen molar-refractivity contribution in [3.63, 3.8) is 0 Å². The van der Waals surface area contributed by atoms with Gasteiger partial charge in [-0.1, -0.05) is 13.0 Å². The Balaban J connectivity index is 0.000000859. The van der Waals surface area contributed by atoms with Crippen LogP contribution in [0.4, 0.5) is 17.6 Å². The van der Waals surface area contributed by atoms with Crippen LogP contribution in [0.25, 0.3) is 10.8 Å². The lowest BCUT2D eigenvalue weighted by molar-refractivity contribution is -0.128. The molecule has 1 N–H and O–H groups in total. The lowest BCUT2D eigenvalue weighted by Crippen LogP contribution is -2.28. The molecule has 0 radical (unpaired) electrons. The van der Waals surface area contributed by atoms with E-state index in [0.717, 1.165) is 6.07 Å². The summed E-state index contributed by atoms with van der Waals surface area (Å²) in [4.78, 5) is 9.18. The van der Waals surface area contributed by atoms with E-state index in [-0.39, 0.29) is 17.4 Å². The minimum atomic E-state index is -5.84. The first-order valence-corrected chi connectivity index (χ1v) is 11.3. The fourth-order valence-corrected chi connectivity index (χ4v) is 2.95. The van der Waals surface area contributed by atoms with Crippen molar-refractivity contribution < 1.29 is 44.8 Å². The molecule has 33 heavy (non-hydrogen) atoms. The van der Waals surface area contributed by atoms with E-state index in [1.54, 1.807) is 47.6 Å². The molecule has 2 aromatic carbocycles. The van der Waals surface area contributed by atoms with Crippen molar-refractivity contribution in [1.29, 1.82) is 0 Å². The number of halogens is 4. The first-order valence-electron chi connectivity index (χ1n) is 9.90. The van der Waals surface area contributed by atoms with Crippen LogP contribution in [0.3, 0.4) is 0 Å². The molecular weight excluding hydrogens is 468 g/mol. The molecule has 2 aromatic rings. The van der Waals surface area contributed by atoms with Crippen LogP contribution in [0.2, 0.25) is 0 Å². The van der Waals surface area contributed by atoms with Gasteiger partial charge in [-0.05, 0) is 82.2 Å². The molecule has 2 rings (SSSR count). The summed E-state index contributed by atoms with van der Waals surface area (Å²) < 4.78 is 82.9. The number of fused-ring (bicyclic) bond motifs is 1. The number of aliphatic hydroxyl groups is 1. The lowest BCUT2D eigenvalue weighted by Gasteiger charge is -2.17. The number of rotatable bonds is 5. The van der Waals surface area contributed by atoms with Gasteiger partial charge in [0.15, 0.2) is 5.75 Å². The molecule has 0 aliphatic carbocycles. The fraction of sp³-hybridized carbons (Fsp3) is 0.500. The van der Waals surface area contributed by atoms with Crippen LogP contribution in [-0.4, -0.2) is 37.7 Å². The summed E-state index contributed by atoms with van der Waals surface area (Å²) in [5.41, 5.74) is -4.91. The normalized spacial score (nSPS) is 11.6. The second-order valence-corrected chi connectivity index (χ2v) is 9.42. The van der Waals surface area contributed by atoms with Gasteiger partial charge in [-0.2, -0.15) is 21.6 Å². The van der Waals surface area contributed by atoms with Crippen LogP contribution in [0.5, 0.6) is 5.75 Å². The molecule has 0 aliphatic rings. The average Bonchev–Trinajstić information content (AvgIpc) is 2.62. The summed E-state index contributed by atoms with van der Waals surface area (Å²) in [5, 5.41) is 8.92. The van der Waals surface area contributed by atoms with Gasteiger partial charge in [0.2, 0.25) is 0 Å². The van der Waals surface area contributed by atoms with Gasteiger partial charge in [0.25, 0.3) is 6.47 Å². The van der Waals surface area contributed by atoms with E-state index in [9.17, 15) is 30.8 Å². The Kier molecular flexibility index (Phi) is 11.3. The predicted octanol–water partition coefficient (Wildman–Crippen LogP) is 5.34. The Morgan fingerprint density at radius 3 is 1.88 bits per heavy atom. The molecule has 0 fully saturated rings. The Morgan fingerprint density at radius 1 is 1.03 bits per heavy atom. The topological polar surface area (TPSA) is 89.9 Å². The number of aryl methyl sites for hydroxylation is 2. The number of carbonyl (C=O) groups excluding carboxylic acids is 1. The Labute approximate surface area is 191 Å². The van der Waals surface area contributed by atoms with Gasteiger partial charge in [0.1, 0.15) is 5.82 Å². The second kappa shape index (κ2) is 12.2. The summed E-state index contributed by atoms with van der Waals surface area (Å²) in [7, 11) is -5.84. The Hall–Kier alpha value is -2.40. The lowest BCUT2D eigenvalue weighted by atomic mass is 9.97. The molecule has 0 atom stereocenters. The highest BCUT2D eigenvalue weighted by Gasteiger charge is 2.49. The third-order valence-corrected chi connectivity index (χ3v) is 4.72. The van der Waals surface area contributed by atoms with E-state index in [1.807, 2.05) is 0 Å². The highest BCUT2D eigenvalue weighted by atomic mass is 32.2. The number of carbonyl (C=O) groups is 1. The first kappa shape index (κ1) is 30.6. The minimum absolute atomic E-state index is 0.0108. The van der Waals surface area contributed by atoms with Crippen LogP contribution in [0.15, 0.2) is 18.2 Å². The van der Waals surface area contributed by atoms with Gasteiger partial charge in [0, 0.05) is 5.39 Å². The SMILES string of the molecule is CC(C)(C)O.CCOC=O.CCc1c(C)cc2cc(C)c(F)cc2c1OS(=O)(=O)C(F)(F)F. The summed E-state index contributed by atoms with van der Waals surface area (Å²) >= 11 is 0. The Bertz CT molecular complexity index is 1040. The maximum absolute atomic E-state index is 13.8. The Morgan fingerprint density at radius 2 is 1.52 bits per heavy atom. The van der Waals surface area contributed by atoms with Crippen molar-refractivity contribution in [3.8, 4) is 5.75 Å². The van der Waals surface area contributed by atoms with Gasteiger partial charge in [-0.3, -0.25) is 4.79 Å². The van der Waals surface area contributed by atoms with Crippen LogP contribution in [0.1, 0.15) is 51.3 Å². The summed E-state index contributed by atoms with van der Waals surface area (Å²) in [6.45, 7) is 12.7. The monoisotopic (exact) mass is 498 g/mol. The van der Waals surface area contributed by atoms with Crippen LogP contribution in [-0.2, 0) is 26.1 Å². The molecule has 0 aliphatic heterocycles. The molecule has 188 valence electrons. The highest BCUT2D eigenvalue weighted by molar-refractivity contribution is 7.88. The van der Waals surface area contributed by atoms with Crippen LogP contribution < -0.4 is 4.18 Å². The van der Waals surface area contributed by atoms with E-state index < -0.39 is 32.8 Å². The number of hydrogen-bond acceptors (Lipinski definition) is 6. The van der Waals surface area contributed by atoms with Crippen molar-refractivity contribution in [2.24, 2.45) is 0 Å². The quantitative estimate of drug-likeness (QED) is 0.259. The maximum Gasteiger partial charge on any atom is 0.534 e. The van der Waals surface area contributed by atoms with Crippen LogP contribution >= 0.6 is 0 Å². The van der Waals surface area contributed by atoms with Crippen molar-refractivity contribution in [3.05, 3.63) is 40.7 Å². The second-order valence-electron chi connectivity index (χ2n) is 7.88. The van der Waals surface area contributed by atoms with E-state index in [4.69, 9.17) is 5.11 Å². The van der Waals surface area contributed by atoms with Gasteiger partial charge < -0.3 is 14.0 Å². The molecule has 0 heterocycles. The molecule has 0 saturated carbocycles. The molecule has 0 aromatic heterocycles. The van der Waals surface area contributed by atoms with E-state index in [2.05, 4.69) is 8.92 Å². The average molecular weight is 499 g/mol. The molecule has 0 unspecified atom stereocenters. The highest BCUT2D eigenvalue weighted by Crippen LogP contribution is 2.37. The van der Waals surface area contributed by atoms with Gasteiger partial charge in [-0.25, -0.2) is 4.39 Å². The minimum Gasteiger partial charge on any atom is -0.468 e. The number of ether oxygens (including phenoxy) is 1. The third kappa shape index (κ3) is 9.95. The first-order chi connectivity index (χ1) is 14.9. The zero-order chi connectivity index (χ0) is 26.2.